The summed E-state index contributed by atoms with van der Waals surface area (Å²) in [5.41, 5.74) is 3.90. The van der Waals surface area contributed by atoms with Gasteiger partial charge in [-0.3, -0.25) is 4.98 Å². The Morgan fingerprint density at radius 3 is 2.07 bits per heavy atom. The van der Waals surface area contributed by atoms with Gasteiger partial charge in [0.2, 0.25) is 0 Å². The fourth-order valence-electron chi connectivity index (χ4n) is 3.93. The van der Waals surface area contributed by atoms with Crippen LogP contribution in [0, 0.1) is 0 Å². The third-order valence-electron chi connectivity index (χ3n) is 5.62. The summed E-state index contributed by atoms with van der Waals surface area (Å²) in [6.07, 6.45) is 24.5. The summed E-state index contributed by atoms with van der Waals surface area (Å²) >= 11 is 0. The van der Waals surface area contributed by atoms with E-state index >= 15 is 0 Å². The number of aromatic nitrogens is 1. The van der Waals surface area contributed by atoms with Crippen LogP contribution in [0.4, 0.5) is 0 Å². The summed E-state index contributed by atoms with van der Waals surface area (Å²) in [4.78, 5) is 15.7. The second-order valence-electron chi connectivity index (χ2n) is 8.22. The number of allylic oxidation sites excluding steroid dienone is 1. The Bertz CT molecular complexity index is 576. The first-order valence-electron chi connectivity index (χ1n) is 11.4. The van der Waals surface area contributed by atoms with Gasteiger partial charge in [0.1, 0.15) is 5.78 Å². The fraction of sp³-hybridized carbons (Fsp3) is 0.680. The zero-order valence-electron chi connectivity index (χ0n) is 17.5. The first-order valence-corrected chi connectivity index (χ1v) is 11.4. The van der Waals surface area contributed by atoms with Crippen molar-refractivity contribution >= 4 is 11.9 Å². The molecule has 150 valence electrons. The van der Waals surface area contributed by atoms with Gasteiger partial charge in [0.25, 0.3) is 0 Å². The van der Waals surface area contributed by atoms with E-state index in [0.29, 0.717) is 5.78 Å². The number of hydrogen-bond donors (Lipinski definition) is 0. The number of aryl methyl sites for hydroxylation is 2. The third kappa shape index (κ3) is 9.89. The average molecular weight is 370 g/mol. The normalized spacial score (nSPS) is 12.9. The van der Waals surface area contributed by atoms with E-state index in [-0.39, 0.29) is 0 Å². The Labute approximate surface area is 166 Å². The van der Waals surface area contributed by atoms with E-state index in [2.05, 4.69) is 24.3 Å². The van der Waals surface area contributed by atoms with Crippen LogP contribution in [0.15, 0.2) is 18.2 Å². The molecule has 1 aromatic heterocycles. The van der Waals surface area contributed by atoms with Gasteiger partial charge in [-0.2, -0.15) is 0 Å². The van der Waals surface area contributed by atoms with E-state index in [9.17, 15) is 4.79 Å². The van der Waals surface area contributed by atoms with Crippen LogP contribution < -0.4 is 0 Å². The zero-order valence-corrected chi connectivity index (χ0v) is 17.5. The maximum Gasteiger partial charge on any atom is 0.129 e. The molecule has 0 radical (unpaired) electrons. The quantitative estimate of drug-likeness (QED) is 0.305. The number of pyridine rings is 1. The topological polar surface area (TPSA) is 30.0 Å². The Kier molecular flexibility index (Phi) is 11.1. The van der Waals surface area contributed by atoms with Crippen LogP contribution in [-0.2, 0) is 17.6 Å². The Morgan fingerprint density at radius 2 is 1.44 bits per heavy atom. The fourth-order valence-corrected chi connectivity index (χ4v) is 3.93. The molecule has 0 N–H and O–H groups in total. The number of fused-ring (bicyclic) bond motifs is 1. The highest BCUT2D eigenvalue weighted by Crippen LogP contribution is 2.19. The van der Waals surface area contributed by atoms with Crippen molar-refractivity contribution in [3.05, 3.63) is 35.2 Å². The predicted octanol–water partition coefficient (Wildman–Crippen LogP) is 7.24. The lowest BCUT2D eigenvalue weighted by molar-refractivity contribution is -0.117. The average Bonchev–Trinajstić information content (AvgIpc) is 2.68. The summed E-state index contributed by atoms with van der Waals surface area (Å²) in [7, 11) is 0. The predicted molar refractivity (Wildman–Crippen MR) is 116 cm³/mol. The van der Waals surface area contributed by atoms with Crippen molar-refractivity contribution < 1.29 is 4.79 Å². The minimum atomic E-state index is 0.339. The molecule has 0 aromatic carbocycles. The molecule has 1 aliphatic rings. The number of carbonyl (C=O) groups is 1. The summed E-state index contributed by atoms with van der Waals surface area (Å²) in [6.45, 7) is 1.70. The summed E-state index contributed by atoms with van der Waals surface area (Å²) in [5.74, 6) is 0.339. The van der Waals surface area contributed by atoms with Gasteiger partial charge < -0.3 is 4.79 Å². The zero-order chi connectivity index (χ0) is 19.2. The molecule has 1 aromatic rings. The number of carbonyl (C=O) groups excluding carboxylic acids is 1. The molecule has 27 heavy (non-hydrogen) atoms. The maximum absolute atomic E-state index is 10.9. The van der Waals surface area contributed by atoms with Crippen LogP contribution >= 0.6 is 0 Å². The molecule has 2 heteroatoms. The molecule has 0 fully saturated rings. The highest BCUT2D eigenvalue weighted by molar-refractivity contribution is 5.75. The highest BCUT2D eigenvalue weighted by atomic mass is 16.1. The van der Waals surface area contributed by atoms with Gasteiger partial charge in [-0.15, -0.1) is 0 Å². The highest BCUT2D eigenvalue weighted by Gasteiger charge is 2.06. The van der Waals surface area contributed by atoms with Gasteiger partial charge >= 0.3 is 0 Å². The number of hydrogen-bond acceptors (Lipinski definition) is 2. The molecule has 0 spiro atoms. The van der Waals surface area contributed by atoms with Crippen molar-refractivity contribution in [1.29, 1.82) is 0 Å². The van der Waals surface area contributed by atoms with E-state index in [4.69, 9.17) is 4.98 Å². The van der Waals surface area contributed by atoms with E-state index in [1.54, 1.807) is 6.92 Å². The minimum absolute atomic E-state index is 0.339. The van der Waals surface area contributed by atoms with E-state index < -0.39 is 0 Å². The standard InChI is InChI=1S/C25H39NO/c1-22(27)16-12-10-8-6-4-2-3-5-7-9-11-13-18-24-21-20-23-17-14-15-19-25(23)26-24/h14,17,20-21H,2-13,15-16,18-19H2,1H3. The molecule has 0 saturated carbocycles. The van der Waals surface area contributed by atoms with Crippen molar-refractivity contribution in [3.63, 3.8) is 0 Å². The molecule has 0 atom stereocenters. The van der Waals surface area contributed by atoms with Crippen LogP contribution in [0.25, 0.3) is 6.08 Å². The second-order valence-corrected chi connectivity index (χ2v) is 8.22. The maximum atomic E-state index is 10.9. The second kappa shape index (κ2) is 13.7. The lowest BCUT2D eigenvalue weighted by Gasteiger charge is -2.11. The number of rotatable bonds is 15. The van der Waals surface area contributed by atoms with Crippen molar-refractivity contribution in [3.8, 4) is 0 Å². The van der Waals surface area contributed by atoms with Gasteiger partial charge in [0, 0.05) is 17.8 Å². The van der Waals surface area contributed by atoms with Gasteiger partial charge in [0.15, 0.2) is 0 Å². The SMILES string of the molecule is CC(=O)CCCCCCCCCCCCCCc1ccc2c(n1)CCC=C2. The van der Waals surface area contributed by atoms with Gasteiger partial charge in [-0.1, -0.05) is 82.4 Å². The van der Waals surface area contributed by atoms with Crippen LogP contribution in [0.3, 0.4) is 0 Å². The van der Waals surface area contributed by atoms with Crippen molar-refractivity contribution in [2.75, 3.05) is 0 Å². The Morgan fingerprint density at radius 1 is 0.852 bits per heavy atom. The molecule has 2 rings (SSSR count). The van der Waals surface area contributed by atoms with Gasteiger partial charge in [-0.05, 0) is 50.7 Å². The molecule has 1 heterocycles. The molecule has 2 nitrogen and oxygen atoms in total. The Balaban J connectivity index is 1.37. The van der Waals surface area contributed by atoms with Gasteiger partial charge in [0.05, 0.1) is 0 Å². The lowest BCUT2D eigenvalue weighted by atomic mass is 10.0. The van der Waals surface area contributed by atoms with Crippen LogP contribution in [0.2, 0.25) is 0 Å². The monoisotopic (exact) mass is 369 g/mol. The third-order valence-corrected chi connectivity index (χ3v) is 5.62. The molecular weight excluding hydrogens is 330 g/mol. The van der Waals surface area contributed by atoms with E-state index in [1.807, 2.05) is 0 Å². The van der Waals surface area contributed by atoms with E-state index in [0.717, 1.165) is 32.1 Å². The lowest BCUT2D eigenvalue weighted by Crippen LogP contribution is -2.01. The molecule has 0 unspecified atom stereocenters. The summed E-state index contributed by atoms with van der Waals surface area (Å²) < 4.78 is 0. The van der Waals surface area contributed by atoms with Crippen LogP contribution in [0.5, 0.6) is 0 Å². The summed E-state index contributed by atoms with van der Waals surface area (Å²) in [5, 5.41) is 0. The first-order chi connectivity index (χ1) is 13.3. The van der Waals surface area contributed by atoms with E-state index in [1.165, 1.54) is 87.6 Å². The smallest absolute Gasteiger partial charge is 0.129 e. The molecule has 1 aliphatic carbocycles. The van der Waals surface area contributed by atoms with Crippen LogP contribution in [-0.4, -0.2) is 10.8 Å². The number of nitrogens with zero attached hydrogens (tertiary/aromatic N) is 1. The van der Waals surface area contributed by atoms with Crippen LogP contribution in [0.1, 0.15) is 114 Å². The van der Waals surface area contributed by atoms with Crippen molar-refractivity contribution in [2.24, 2.45) is 0 Å². The molecule has 0 aliphatic heterocycles. The minimum Gasteiger partial charge on any atom is -0.300 e. The molecular formula is C25H39NO. The largest absolute Gasteiger partial charge is 0.300 e. The van der Waals surface area contributed by atoms with Crippen molar-refractivity contribution in [1.82, 2.24) is 4.98 Å². The van der Waals surface area contributed by atoms with Crippen molar-refractivity contribution in [2.45, 2.75) is 110 Å². The van der Waals surface area contributed by atoms with Gasteiger partial charge in [-0.25, -0.2) is 0 Å². The molecule has 0 saturated heterocycles. The summed E-state index contributed by atoms with van der Waals surface area (Å²) in [6, 6.07) is 4.46. The number of unbranched alkanes of at least 4 members (excludes halogenated alkanes) is 11. The number of ketones is 1. The first kappa shape index (κ1) is 21.9. The molecule has 0 amide bonds. The number of Topliss-reactive ketones (excluding diaryl/α,β-unsaturated/α-hetero) is 1. The Hall–Kier alpha value is -1.44. The molecule has 0 bridgehead atoms.